The van der Waals surface area contributed by atoms with Crippen molar-refractivity contribution < 1.29 is 28.3 Å². The Morgan fingerprint density at radius 1 is 0.762 bits per heavy atom. The normalized spacial score (nSPS) is 20.3. The SMILES string of the molecule is CC(C)(C)[Si](OCC1=C2[C@@H](CC/C(=C/c3ccc(CO)o3)c3ccccc3)OC[C@@H]2[C@@H]2C(=O)N(c3ccc(Nc4ccccc4)cc3)C(=O)[C@@H]2C1)(c1ccccc1)c1ccccc1. The average molecular weight is 855 g/mol. The number of amides is 2. The Labute approximate surface area is 371 Å². The number of nitrogens with one attached hydrogen (secondary N) is 1. The largest absolute Gasteiger partial charge is 0.459 e. The summed E-state index contributed by atoms with van der Waals surface area (Å²) < 4.78 is 20.3. The van der Waals surface area contributed by atoms with Crippen LogP contribution in [0.2, 0.25) is 5.04 Å². The summed E-state index contributed by atoms with van der Waals surface area (Å²) in [6, 6.07) is 52.6. The van der Waals surface area contributed by atoms with Gasteiger partial charge in [-0.05, 0) is 112 Å². The van der Waals surface area contributed by atoms with Crippen LogP contribution in [0.4, 0.5) is 17.1 Å². The molecule has 1 aliphatic carbocycles. The van der Waals surface area contributed by atoms with E-state index in [-0.39, 0.29) is 35.5 Å². The number of allylic oxidation sites excluding steroid dienone is 1. The monoisotopic (exact) mass is 854 g/mol. The fraction of sp³-hybridized carbons (Fsp3) is 0.259. The Hall–Kier alpha value is -6.10. The van der Waals surface area contributed by atoms with Gasteiger partial charge < -0.3 is 24.0 Å². The Balaban J connectivity index is 1.07. The number of fused-ring (bicyclic) bond motifs is 3. The van der Waals surface area contributed by atoms with E-state index in [1.165, 1.54) is 15.3 Å². The smallest absolute Gasteiger partial charge is 0.261 e. The molecule has 6 aromatic rings. The van der Waals surface area contributed by atoms with Crippen molar-refractivity contribution in [3.8, 4) is 0 Å². The maximum atomic E-state index is 14.7. The molecule has 0 bridgehead atoms. The van der Waals surface area contributed by atoms with Crippen molar-refractivity contribution in [2.24, 2.45) is 17.8 Å². The van der Waals surface area contributed by atoms with Crippen LogP contribution in [0.25, 0.3) is 11.6 Å². The van der Waals surface area contributed by atoms with E-state index in [4.69, 9.17) is 13.6 Å². The number of ether oxygens (including phenoxy) is 1. The van der Waals surface area contributed by atoms with Gasteiger partial charge in [-0.2, -0.15) is 0 Å². The number of nitrogens with zero attached hydrogens (tertiary/aromatic N) is 1. The molecule has 0 radical (unpaired) electrons. The van der Waals surface area contributed by atoms with Crippen molar-refractivity contribution in [1.82, 2.24) is 0 Å². The number of aliphatic hydroxyl groups excluding tert-OH is 1. The number of imide groups is 1. The molecule has 1 aromatic heterocycles. The lowest BCUT2D eigenvalue weighted by Gasteiger charge is -2.44. The van der Waals surface area contributed by atoms with Crippen molar-refractivity contribution in [1.29, 1.82) is 0 Å². The highest BCUT2D eigenvalue weighted by molar-refractivity contribution is 6.99. The quantitative estimate of drug-likeness (QED) is 0.0640. The first kappa shape index (κ1) is 42.2. The van der Waals surface area contributed by atoms with Gasteiger partial charge in [0.25, 0.3) is 8.32 Å². The number of para-hydroxylation sites is 1. The number of carbonyl (C=O) groups is 2. The summed E-state index contributed by atoms with van der Waals surface area (Å²) in [7, 11) is -2.97. The van der Waals surface area contributed by atoms with E-state index in [1.807, 2.05) is 97.1 Å². The zero-order valence-corrected chi connectivity index (χ0v) is 37.1. The molecule has 63 heavy (non-hydrogen) atoms. The summed E-state index contributed by atoms with van der Waals surface area (Å²) in [6.45, 7) is 7.32. The third-order valence-corrected chi connectivity index (χ3v) is 18.0. The lowest BCUT2D eigenvalue weighted by atomic mass is 9.69. The van der Waals surface area contributed by atoms with Gasteiger partial charge in [0, 0.05) is 17.3 Å². The van der Waals surface area contributed by atoms with Gasteiger partial charge in [-0.3, -0.25) is 14.5 Å². The number of anilines is 3. The van der Waals surface area contributed by atoms with E-state index >= 15 is 0 Å². The number of hydrogen-bond donors (Lipinski definition) is 2. The molecule has 3 aliphatic rings. The van der Waals surface area contributed by atoms with Gasteiger partial charge in [-0.15, -0.1) is 0 Å². The Morgan fingerprint density at radius 2 is 1.37 bits per heavy atom. The molecule has 0 unspecified atom stereocenters. The minimum Gasteiger partial charge on any atom is -0.459 e. The molecule has 2 fully saturated rings. The summed E-state index contributed by atoms with van der Waals surface area (Å²) in [6.07, 6.45) is 3.49. The standard InChI is InChI=1S/C54H54N2O6Si/c1-54(2,3)63(45-20-12-6-13-21-45,46-22-14-7-15-23-46)61-35-39-33-47-51(53(59)56(52(47)58)42-27-25-41(26-28-42)55-40-18-10-5-11-19-40)48-36-60-49(50(39)48)31-24-38(37-16-8-4-9-17-37)32-43-29-30-44(34-57)62-43/h4-23,25-30,32,47-49,51,55,57H,24,31,33-36H2,1-3H3/b38-32-/t47-,48+,49-,51-/m1/s1. The van der Waals surface area contributed by atoms with Crippen LogP contribution in [-0.2, 0) is 25.4 Å². The fourth-order valence-electron chi connectivity index (χ4n) is 10.2. The number of carbonyl (C=O) groups excluding carboxylic acids is 2. The Morgan fingerprint density at radius 3 is 1.97 bits per heavy atom. The van der Waals surface area contributed by atoms with Gasteiger partial charge in [0.2, 0.25) is 11.8 Å². The summed E-state index contributed by atoms with van der Waals surface area (Å²) in [5, 5.41) is 15.2. The molecule has 2 saturated heterocycles. The van der Waals surface area contributed by atoms with Crippen LogP contribution in [0.1, 0.15) is 57.1 Å². The zero-order valence-electron chi connectivity index (χ0n) is 36.1. The Bertz CT molecular complexity index is 2560. The maximum Gasteiger partial charge on any atom is 0.261 e. The molecule has 2 aliphatic heterocycles. The number of rotatable bonds is 14. The van der Waals surface area contributed by atoms with Crippen LogP contribution >= 0.6 is 0 Å². The minimum atomic E-state index is -2.97. The molecule has 9 heteroatoms. The lowest BCUT2D eigenvalue weighted by molar-refractivity contribution is -0.122. The Kier molecular flexibility index (Phi) is 12.0. The number of aliphatic hydroxyl groups is 1. The molecule has 2 N–H and O–H groups in total. The third-order valence-electron chi connectivity index (χ3n) is 13.1. The second-order valence-corrected chi connectivity index (χ2v) is 22.2. The van der Waals surface area contributed by atoms with Crippen molar-refractivity contribution in [3.63, 3.8) is 0 Å². The van der Waals surface area contributed by atoms with E-state index in [9.17, 15) is 14.7 Å². The van der Waals surface area contributed by atoms with E-state index < -0.39 is 20.2 Å². The van der Waals surface area contributed by atoms with Crippen molar-refractivity contribution in [2.45, 2.75) is 57.8 Å². The van der Waals surface area contributed by atoms with E-state index in [1.54, 1.807) is 6.07 Å². The average Bonchev–Trinajstić information content (AvgIpc) is 4.02. The van der Waals surface area contributed by atoms with Crippen molar-refractivity contribution >= 4 is 59.2 Å². The molecule has 0 spiro atoms. The summed E-state index contributed by atoms with van der Waals surface area (Å²) in [4.78, 5) is 30.8. The molecule has 9 rings (SSSR count). The highest BCUT2D eigenvalue weighted by Gasteiger charge is 2.58. The van der Waals surface area contributed by atoms with E-state index in [2.05, 4.69) is 86.8 Å². The second-order valence-electron chi connectivity index (χ2n) is 17.9. The topological polar surface area (TPSA) is 101 Å². The van der Waals surface area contributed by atoms with Crippen LogP contribution < -0.4 is 20.6 Å². The maximum absolute atomic E-state index is 14.7. The highest BCUT2D eigenvalue weighted by atomic mass is 28.4. The molecular formula is C54H54N2O6Si. The first-order valence-electron chi connectivity index (χ1n) is 22.0. The fourth-order valence-corrected chi connectivity index (χ4v) is 14.7. The summed E-state index contributed by atoms with van der Waals surface area (Å²) >= 11 is 0. The van der Waals surface area contributed by atoms with Crippen LogP contribution in [0.3, 0.4) is 0 Å². The molecule has 3 heterocycles. The number of benzene rings is 5. The minimum absolute atomic E-state index is 0.170. The predicted octanol–water partition coefficient (Wildman–Crippen LogP) is 9.93. The second kappa shape index (κ2) is 17.9. The van der Waals surface area contributed by atoms with Crippen LogP contribution in [0.15, 0.2) is 173 Å². The van der Waals surface area contributed by atoms with Gasteiger partial charge in [0.05, 0.1) is 36.8 Å². The molecule has 4 atom stereocenters. The molecule has 320 valence electrons. The van der Waals surface area contributed by atoms with Gasteiger partial charge in [0.15, 0.2) is 0 Å². The predicted molar refractivity (Wildman–Crippen MR) is 252 cm³/mol. The summed E-state index contributed by atoms with van der Waals surface area (Å²) in [5.74, 6) is -0.514. The van der Waals surface area contributed by atoms with Crippen molar-refractivity contribution in [2.75, 3.05) is 23.4 Å². The summed E-state index contributed by atoms with van der Waals surface area (Å²) in [5.41, 5.74) is 6.70. The lowest BCUT2D eigenvalue weighted by Crippen LogP contribution is -2.66. The molecular weight excluding hydrogens is 801 g/mol. The first-order valence-corrected chi connectivity index (χ1v) is 23.9. The highest BCUT2D eigenvalue weighted by Crippen LogP contribution is 2.51. The van der Waals surface area contributed by atoms with Gasteiger partial charge in [-0.1, -0.05) is 130 Å². The number of hydrogen-bond acceptors (Lipinski definition) is 7. The van der Waals surface area contributed by atoms with Gasteiger partial charge in [-0.25, -0.2) is 0 Å². The van der Waals surface area contributed by atoms with Gasteiger partial charge >= 0.3 is 0 Å². The molecule has 5 aromatic carbocycles. The third kappa shape index (κ3) is 8.30. The number of furan rings is 1. The van der Waals surface area contributed by atoms with Crippen LogP contribution in [0.5, 0.6) is 0 Å². The van der Waals surface area contributed by atoms with Crippen LogP contribution in [0, 0.1) is 17.8 Å². The molecule has 0 saturated carbocycles. The van der Waals surface area contributed by atoms with Crippen molar-refractivity contribution in [3.05, 3.63) is 186 Å². The van der Waals surface area contributed by atoms with E-state index in [0.29, 0.717) is 49.7 Å². The molecule has 2 amide bonds. The first-order chi connectivity index (χ1) is 30.6. The van der Waals surface area contributed by atoms with Crippen LogP contribution in [-0.4, -0.2) is 44.6 Å². The van der Waals surface area contributed by atoms with E-state index in [0.717, 1.165) is 33.7 Å². The zero-order chi connectivity index (χ0) is 43.6. The molecule has 8 nitrogen and oxygen atoms in total. The van der Waals surface area contributed by atoms with Gasteiger partial charge in [0.1, 0.15) is 18.1 Å².